The Hall–Kier alpha value is -1.76. The fraction of sp³-hybridized carbons (Fsp3) is 0.333. The smallest absolute Gasteiger partial charge is 0.419 e. The molecule has 0 aliphatic heterocycles. The summed E-state index contributed by atoms with van der Waals surface area (Å²) in [7, 11) is 1.63. The van der Waals surface area contributed by atoms with Crippen LogP contribution in [-0.4, -0.2) is 14.8 Å². The zero-order valence-corrected chi connectivity index (χ0v) is 11.2. The van der Waals surface area contributed by atoms with Gasteiger partial charge >= 0.3 is 6.18 Å². The highest BCUT2D eigenvalue weighted by atomic mass is 35.5. The van der Waals surface area contributed by atoms with Crippen molar-refractivity contribution in [1.82, 2.24) is 14.8 Å². The Bertz CT molecular complexity index is 598. The van der Waals surface area contributed by atoms with Crippen molar-refractivity contribution in [3.63, 3.8) is 0 Å². The number of hydrogen-bond acceptors (Lipinski definition) is 3. The van der Waals surface area contributed by atoms with E-state index in [4.69, 9.17) is 16.3 Å². The molecule has 0 saturated heterocycles. The van der Waals surface area contributed by atoms with Gasteiger partial charge in [-0.05, 0) is 17.7 Å². The minimum absolute atomic E-state index is 0.00659. The lowest BCUT2D eigenvalue weighted by Crippen LogP contribution is -2.11. The normalized spacial score (nSPS) is 11.7. The Labute approximate surface area is 118 Å². The van der Waals surface area contributed by atoms with Gasteiger partial charge in [-0.15, -0.1) is 11.6 Å². The third-order valence-corrected chi connectivity index (χ3v) is 2.97. The lowest BCUT2D eigenvalue weighted by atomic mass is 10.1. The number of aryl methyl sites for hydroxylation is 1. The summed E-state index contributed by atoms with van der Waals surface area (Å²) >= 11 is 5.55. The van der Waals surface area contributed by atoms with Gasteiger partial charge < -0.3 is 4.74 Å². The topological polar surface area (TPSA) is 39.9 Å². The van der Waals surface area contributed by atoms with Gasteiger partial charge in [-0.2, -0.15) is 18.3 Å². The van der Waals surface area contributed by atoms with E-state index < -0.39 is 11.7 Å². The van der Waals surface area contributed by atoms with E-state index in [2.05, 4.69) is 10.1 Å². The van der Waals surface area contributed by atoms with Crippen molar-refractivity contribution in [2.75, 3.05) is 0 Å². The van der Waals surface area contributed by atoms with Gasteiger partial charge in [0.2, 0.25) is 0 Å². The third kappa shape index (κ3) is 3.22. The molecule has 0 atom stereocenters. The van der Waals surface area contributed by atoms with E-state index in [9.17, 15) is 13.2 Å². The zero-order valence-electron chi connectivity index (χ0n) is 10.5. The van der Waals surface area contributed by atoms with Gasteiger partial charge in [0.25, 0.3) is 0 Å². The Morgan fingerprint density at radius 2 is 2.10 bits per heavy atom. The Morgan fingerprint density at radius 1 is 1.35 bits per heavy atom. The van der Waals surface area contributed by atoms with Gasteiger partial charge in [-0.1, -0.05) is 6.07 Å². The zero-order chi connectivity index (χ0) is 14.8. The van der Waals surface area contributed by atoms with Crippen molar-refractivity contribution in [3.8, 4) is 5.75 Å². The number of ether oxygens (including phenoxy) is 1. The predicted octanol–water partition coefficient (Wildman–Crippen LogP) is 3.15. The Balaban J connectivity index is 2.25. The average Bonchev–Trinajstić information content (AvgIpc) is 2.80. The standard InChI is InChI=1S/C12H11ClF3N3O/c1-19-11(17-7-18-19)6-20-10-3-2-8(5-13)4-9(10)12(14,15)16/h2-4,7H,5-6H2,1H3. The number of alkyl halides is 4. The number of hydrogen-bond donors (Lipinski definition) is 0. The molecule has 0 aliphatic carbocycles. The molecule has 0 aliphatic rings. The first kappa shape index (κ1) is 14.6. The second-order valence-electron chi connectivity index (χ2n) is 4.05. The first-order valence-electron chi connectivity index (χ1n) is 5.63. The van der Waals surface area contributed by atoms with E-state index >= 15 is 0 Å². The summed E-state index contributed by atoms with van der Waals surface area (Å²) in [6.07, 6.45) is -3.20. The van der Waals surface area contributed by atoms with Crippen LogP contribution in [0, 0.1) is 0 Å². The summed E-state index contributed by atoms with van der Waals surface area (Å²) in [5, 5.41) is 3.81. The van der Waals surface area contributed by atoms with Gasteiger partial charge in [0.05, 0.1) is 5.56 Å². The Kier molecular flexibility index (Phi) is 4.17. The van der Waals surface area contributed by atoms with Crippen LogP contribution in [0.2, 0.25) is 0 Å². The summed E-state index contributed by atoms with van der Waals surface area (Å²) in [6, 6.07) is 3.74. The van der Waals surface area contributed by atoms with Crippen molar-refractivity contribution in [2.45, 2.75) is 18.7 Å². The maximum Gasteiger partial charge on any atom is 0.419 e. The van der Waals surface area contributed by atoms with Crippen LogP contribution < -0.4 is 4.74 Å². The molecule has 0 unspecified atom stereocenters. The van der Waals surface area contributed by atoms with Crippen molar-refractivity contribution >= 4 is 11.6 Å². The van der Waals surface area contributed by atoms with Crippen molar-refractivity contribution in [1.29, 1.82) is 0 Å². The van der Waals surface area contributed by atoms with E-state index in [1.807, 2.05) is 0 Å². The third-order valence-electron chi connectivity index (χ3n) is 2.67. The number of benzene rings is 1. The summed E-state index contributed by atoms with van der Waals surface area (Å²) in [6.45, 7) is -0.0974. The van der Waals surface area contributed by atoms with Gasteiger partial charge in [0, 0.05) is 12.9 Å². The van der Waals surface area contributed by atoms with Crippen LogP contribution in [0.1, 0.15) is 17.0 Å². The van der Waals surface area contributed by atoms with Crippen LogP contribution in [0.25, 0.3) is 0 Å². The molecule has 1 heterocycles. The molecular formula is C12H11ClF3N3O. The highest BCUT2D eigenvalue weighted by Crippen LogP contribution is 2.37. The summed E-state index contributed by atoms with van der Waals surface area (Å²) in [4.78, 5) is 3.88. The Morgan fingerprint density at radius 3 is 2.65 bits per heavy atom. The predicted molar refractivity (Wildman–Crippen MR) is 66.3 cm³/mol. The van der Waals surface area contributed by atoms with Crippen LogP contribution in [-0.2, 0) is 25.7 Å². The van der Waals surface area contributed by atoms with E-state index in [0.717, 1.165) is 6.07 Å². The van der Waals surface area contributed by atoms with Crippen molar-refractivity contribution < 1.29 is 17.9 Å². The minimum Gasteiger partial charge on any atom is -0.485 e. The van der Waals surface area contributed by atoms with Gasteiger partial charge in [-0.25, -0.2) is 4.98 Å². The van der Waals surface area contributed by atoms with E-state index in [1.165, 1.54) is 23.1 Å². The monoisotopic (exact) mass is 305 g/mol. The number of rotatable bonds is 4. The molecule has 8 heteroatoms. The van der Waals surface area contributed by atoms with Crippen LogP contribution in [0.5, 0.6) is 5.75 Å². The molecule has 2 aromatic rings. The largest absolute Gasteiger partial charge is 0.485 e. The van der Waals surface area contributed by atoms with Gasteiger partial charge in [0.15, 0.2) is 5.82 Å². The maximum atomic E-state index is 13.0. The lowest BCUT2D eigenvalue weighted by molar-refractivity contribution is -0.139. The molecule has 1 aromatic carbocycles. The second-order valence-corrected chi connectivity index (χ2v) is 4.32. The number of aromatic nitrogens is 3. The molecule has 0 bridgehead atoms. The van der Waals surface area contributed by atoms with E-state index in [0.29, 0.717) is 11.4 Å². The fourth-order valence-corrected chi connectivity index (χ4v) is 1.77. The van der Waals surface area contributed by atoms with Gasteiger partial charge in [-0.3, -0.25) is 4.68 Å². The van der Waals surface area contributed by atoms with E-state index in [1.54, 1.807) is 7.05 Å². The summed E-state index contributed by atoms with van der Waals surface area (Å²) in [5.74, 6) is 0.182. The van der Waals surface area contributed by atoms with Crippen LogP contribution in [0.4, 0.5) is 13.2 Å². The molecular weight excluding hydrogens is 295 g/mol. The molecule has 0 N–H and O–H groups in total. The van der Waals surface area contributed by atoms with Crippen LogP contribution in [0.15, 0.2) is 24.5 Å². The summed E-state index contributed by atoms with van der Waals surface area (Å²) in [5.41, 5.74) is -0.470. The fourth-order valence-electron chi connectivity index (χ4n) is 1.60. The van der Waals surface area contributed by atoms with Gasteiger partial charge in [0.1, 0.15) is 18.7 Å². The van der Waals surface area contributed by atoms with Crippen molar-refractivity contribution in [2.24, 2.45) is 7.05 Å². The molecule has 4 nitrogen and oxygen atoms in total. The minimum atomic E-state index is -4.50. The van der Waals surface area contributed by atoms with E-state index in [-0.39, 0.29) is 18.2 Å². The molecule has 0 amide bonds. The molecule has 0 spiro atoms. The maximum absolute atomic E-state index is 13.0. The number of nitrogens with zero attached hydrogens (tertiary/aromatic N) is 3. The lowest BCUT2D eigenvalue weighted by Gasteiger charge is -2.14. The molecule has 20 heavy (non-hydrogen) atoms. The molecule has 2 rings (SSSR count). The van der Waals surface area contributed by atoms with Crippen LogP contribution >= 0.6 is 11.6 Å². The van der Waals surface area contributed by atoms with Crippen molar-refractivity contribution in [3.05, 3.63) is 41.5 Å². The SMILES string of the molecule is Cn1ncnc1COc1ccc(CCl)cc1C(F)(F)F. The first-order chi connectivity index (χ1) is 9.41. The average molecular weight is 306 g/mol. The summed E-state index contributed by atoms with van der Waals surface area (Å²) < 4.78 is 45.5. The molecule has 0 saturated carbocycles. The second kappa shape index (κ2) is 5.70. The first-order valence-corrected chi connectivity index (χ1v) is 6.17. The molecule has 1 aromatic heterocycles. The highest BCUT2D eigenvalue weighted by molar-refractivity contribution is 6.17. The highest BCUT2D eigenvalue weighted by Gasteiger charge is 2.34. The molecule has 108 valence electrons. The quantitative estimate of drug-likeness (QED) is 0.815. The molecule has 0 fully saturated rings. The van der Waals surface area contributed by atoms with Crippen LogP contribution in [0.3, 0.4) is 0 Å². The molecule has 0 radical (unpaired) electrons. The number of halogens is 4.